The number of fused-ring (bicyclic) bond motifs is 10. The van der Waals surface area contributed by atoms with Gasteiger partial charge in [-0.1, -0.05) is 123 Å². The number of aromatic nitrogens is 3. The van der Waals surface area contributed by atoms with E-state index in [9.17, 15) is 0 Å². The number of rotatable bonds is 3. The minimum Gasteiger partial charge on any atom is -0.308 e. The van der Waals surface area contributed by atoms with Crippen molar-refractivity contribution in [3.63, 3.8) is 0 Å². The first-order valence-electron chi connectivity index (χ1n) is 16.1. The third-order valence-electron chi connectivity index (χ3n) is 9.98. The maximum absolute atomic E-state index is 5.49. The molecule has 6 aromatic carbocycles. The summed E-state index contributed by atoms with van der Waals surface area (Å²) < 4.78 is 5.05. The first-order chi connectivity index (χ1) is 23.1. The van der Waals surface area contributed by atoms with Crippen LogP contribution in [0.1, 0.15) is 25.1 Å². The minimum absolute atomic E-state index is 0.267. The zero-order valence-corrected chi connectivity index (χ0v) is 26.8. The number of benzene rings is 6. The summed E-state index contributed by atoms with van der Waals surface area (Å²) in [5, 5.41) is 5.08. The molecule has 0 spiro atoms. The van der Waals surface area contributed by atoms with Gasteiger partial charge in [0, 0.05) is 53.1 Å². The third kappa shape index (κ3) is 3.67. The molecule has 1 aliphatic rings. The molecule has 0 bridgehead atoms. The Morgan fingerprint density at radius 1 is 0.574 bits per heavy atom. The predicted octanol–water partition coefficient (Wildman–Crippen LogP) is 11.6. The van der Waals surface area contributed by atoms with Gasteiger partial charge in [0.1, 0.15) is 0 Å². The molecule has 4 heteroatoms. The Balaban J connectivity index is 1.32. The summed E-state index contributed by atoms with van der Waals surface area (Å²) in [7, 11) is 0. The van der Waals surface area contributed by atoms with Gasteiger partial charge in [0.15, 0.2) is 5.82 Å². The van der Waals surface area contributed by atoms with Crippen molar-refractivity contribution in [2.45, 2.75) is 19.3 Å². The van der Waals surface area contributed by atoms with E-state index in [0.29, 0.717) is 0 Å². The van der Waals surface area contributed by atoms with E-state index in [1.54, 1.807) is 0 Å². The first-order valence-corrected chi connectivity index (χ1v) is 16.9. The van der Waals surface area contributed by atoms with Crippen LogP contribution in [0.2, 0.25) is 0 Å². The molecule has 0 atom stereocenters. The molecule has 0 radical (unpaired) electrons. The van der Waals surface area contributed by atoms with Crippen molar-refractivity contribution < 1.29 is 0 Å². The molecule has 3 nitrogen and oxygen atoms in total. The zero-order chi connectivity index (χ0) is 31.3. The molecule has 222 valence electrons. The summed E-state index contributed by atoms with van der Waals surface area (Å²) in [5.74, 6) is 0.743. The SMILES string of the molecule is CC1(C)c2ccccc2-c2c(-c3ccccc3)nc(-c3ccccc3-n3c4ccccc4c4ccc5sc6ccccc6c5c43)nc21. The van der Waals surface area contributed by atoms with Gasteiger partial charge in [-0.05, 0) is 41.5 Å². The van der Waals surface area contributed by atoms with E-state index in [1.807, 2.05) is 11.3 Å². The summed E-state index contributed by atoms with van der Waals surface area (Å²) in [6, 6.07) is 50.1. The standard InChI is InChI=1S/C43H29N3S/c1-43(2)32-20-10-6-17-29(32)38-39(26-14-4-3-5-15-26)44-42(45-41(38)43)30-18-8-12-22-34(30)46-33-21-11-7-16-27(33)28-24-25-36-37(40(28)46)31-19-9-13-23-35(31)47-36/h3-25H,1-2H3. The van der Waals surface area contributed by atoms with Crippen LogP contribution < -0.4 is 0 Å². The number of nitrogens with zero attached hydrogens (tertiary/aromatic N) is 3. The van der Waals surface area contributed by atoms with Crippen LogP contribution in [0.25, 0.3) is 81.4 Å². The van der Waals surface area contributed by atoms with E-state index < -0.39 is 0 Å². The van der Waals surface area contributed by atoms with Gasteiger partial charge >= 0.3 is 0 Å². The summed E-state index contributed by atoms with van der Waals surface area (Å²) in [6.07, 6.45) is 0. The lowest BCUT2D eigenvalue weighted by Crippen LogP contribution is -2.17. The van der Waals surface area contributed by atoms with Crippen molar-refractivity contribution in [3.8, 4) is 39.5 Å². The van der Waals surface area contributed by atoms with E-state index in [0.717, 1.165) is 39.6 Å². The molecule has 47 heavy (non-hydrogen) atoms. The van der Waals surface area contributed by atoms with Gasteiger partial charge in [-0.25, -0.2) is 9.97 Å². The van der Waals surface area contributed by atoms with Crippen LogP contribution in [0.15, 0.2) is 140 Å². The molecule has 1 aliphatic carbocycles. The number of hydrogen-bond acceptors (Lipinski definition) is 3. The highest BCUT2D eigenvalue weighted by atomic mass is 32.1. The van der Waals surface area contributed by atoms with Gasteiger partial charge in [0.05, 0.1) is 28.1 Å². The molecular formula is C43H29N3S. The molecule has 0 fully saturated rings. The third-order valence-corrected chi connectivity index (χ3v) is 11.1. The van der Waals surface area contributed by atoms with Crippen molar-refractivity contribution in [2.24, 2.45) is 0 Å². The van der Waals surface area contributed by atoms with E-state index >= 15 is 0 Å². The Hall–Kier alpha value is -5.58. The zero-order valence-electron chi connectivity index (χ0n) is 26.0. The normalized spacial score (nSPS) is 13.5. The second-order valence-electron chi connectivity index (χ2n) is 13.0. The maximum Gasteiger partial charge on any atom is 0.162 e. The van der Waals surface area contributed by atoms with Gasteiger partial charge in [-0.15, -0.1) is 11.3 Å². The van der Waals surface area contributed by atoms with Gasteiger partial charge in [-0.2, -0.15) is 0 Å². The average Bonchev–Trinajstić information content (AvgIpc) is 3.74. The molecule has 0 N–H and O–H groups in total. The van der Waals surface area contributed by atoms with Gasteiger partial charge in [0.2, 0.25) is 0 Å². The lowest BCUT2D eigenvalue weighted by molar-refractivity contribution is 0.636. The average molecular weight is 620 g/mol. The van der Waals surface area contributed by atoms with Crippen molar-refractivity contribution in [1.82, 2.24) is 14.5 Å². The summed E-state index contributed by atoms with van der Waals surface area (Å²) in [4.78, 5) is 10.9. The van der Waals surface area contributed by atoms with Crippen molar-refractivity contribution in [1.29, 1.82) is 0 Å². The summed E-state index contributed by atoms with van der Waals surface area (Å²) >= 11 is 1.86. The highest BCUT2D eigenvalue weighted by molar-refractivity contribution is 7.26. The number of hydrogen-bond donors (Lipinski definition) is 0. The fourth-order valence-corrected chi connectivity index (χ4v) is 8.95. The van der Waals surface area contributed by atoms with Crippen LogP contribution in [0.5, 0.6) is 0 Å². The fourth-order valence-electron chi connectivity index (χ4n) is 7.84. The van der Waals surface area contributed by atoms with Crippen molar-refractivity contribution >= 4 is 53.3 Å². The summed E-state index contributed by atoms with van der Waals surface area (Å²) in [5.41, 5.74) is 11.0. The number of para-hydroxylation sites is 2. The van der Waals surface area contributed by atoms with Crippen molar-refractivity contribution in [2.75, 3.05) is 0 Å². The maximum atomic E-state index is 5.49. The van der Waals surface area contributed by atoms with Crippen LogP contribution in [0.3, 0.4) is 0 Å². The lowest BCUT2D eigenvalue weighted by atomic mass is 9.85. The van der Waals surface area contributed by atoms with Crippen LogP contribution in [0, 0.1) is 0 Å². The Bertz CT molecular complexity index is 2710. The van der Waals surface area contributed by atoms with E-state index in [2.05, 4.69) is 158 Å². The lowest BCUT2D eigenvalue weighted by Gasteiger charge is -2.22. The smallest absolute Gasteiger partial charge is 0.162 e. The highest BCUT2D eigenvalue weighted by Gasteiger charge is 2.39. The van der Waals surface area contributed by atoms with Gasteiger partial charge in [-0.3, -0.25) is 0 Å². The quantitative estimate of drug-likeness (QED) is 0.197. The minimum atomic E-state index is -0.267. The molecule has 0 saturated heterocycles. The summed E-state index contributed by atoms with van der Waals surface area (Å²) in [6.45, 7) is 4.58. The molecule has 3 aromatic heterocycles. The Labute approximate surface area is 276 Å². The monoisotopic (exact) mass is 619 g/mol. The molecular weight excluding hydrogens is 591 g/mol. The van der Waals surface area contributed by atoms with Crippen LogP contribution in [-0.4, -0.2) is 14.5 Å². The predicted molar refractivity (Wildman–Crippen MR) is 198 cm³/mol. The van der Waals surface area contributed by atoms with E-state index in [-0.39, 0.29) is 5.41 Å². The molecule has 3 heterocycles. The Kier molecular flexibility index (Phi) is 5.50. The topological polar surface area (TPSA) is 30.7 Å². The van der Waals surface area contributed by atoms with E-state index in [4.69, 9.17) is 9.97 Å². The van der Waals surface area contributed by atoms with Crippen LogP contribution >= 0.6 is 11.3 Å². The molecule has 0 aliphatic heterocycles. The molecule has 10 rings (SSSR count). The van der Waals surface area contributed by atoms with Gasteiger partial charge in [0.25, 0.3) is 0 Å². The molecule has 0 amide bonds. The molecule has 9 aromatic rings. The second kappa shape index (κ2) is 9.71. The van der Waals surface area contributed by atoms with E-state index in [1.165, 1.54) is 53.1 Å². The fraction of sp³-hybridized carbons (Fsp3) is 0.0698. The second-order valence-corrected chi connectivity index (χ2v) is 14.0. The van der Waals surface area contributed by atoms with Crippen LogP contribution in [-0.2, 0) is 5.41 Å². The largest absolute Gasteiger partial charge is 0.308 e. The molecule has 0 unspecified atom stereocenters. The Morgan fingerprint density at radius 2 is 1.28 bits per heavy atom. The highest BCUT2D eigenvalue weighted by Crippen LogP contribution is 2.51. The Morgan fingerprint density at radius 3 is 2.15 bits per heavy atom. The van der Waals surface area contributed by atoms with Crippen LogP contribution in [0.4, 0.5) is 0 Å². The first kappa shape index (κ1) is 26.6. The van der Waals surface area contributed by atoms with Crippen molar-refractivity contribution in [3.05, 3.63) is 151 Å². The number of thiophene rings is 1. The molecule has 0 saturated carbocycles. The van der Waals surface area contributed by atoms with Gasteiger partial charge < -0.3 is 4.57 Å².